The van der Waals surface area contributed by atoms with Gasteiger partial charge in [0.1, 0.15) is 0 Å². The van der Waals surface area contributed by atoms with E-state index in [-0.39, 0.29) is 6.10 Å². The van der Waals surface area contributed by atoms with Gasteiger partial charge in [0.2, 0.25) is 0 Å². The van der Waals surface area contributed by atoms with Gasteiger partial charge in [-0.3, -0.25) is 0 Å². The third-order valence-corrected chi connectivity index (χ3v) is 1.97. The second kappa shape index (κ2) is 5.76. The first-order valence-corrected chi connectivity index (χ1v) is 5.55. The molecule has 1 N–H and O–H groups in total. The lowest BCUT2D eigenvalue weighted by atomic mass is 10.2. The van der Waals surface area contributed by atoms with Crippen molar-refractivity contribution >= 4 is 5.69 Å². The Kier molecular flexibility index (Phi) is 4.63. The van der Waals surface area contributed by atoms with Crippen molar-refractivity contribution < 1.29 is 4.74 Å². The zero-order valence-electron chi connectivity index (χ0n) is 10.1. The third-order valence-electron chi connectivity index (χ3n) is 1.97. The van der Waals surface area contributed by atoms with Crippen LogP contribution in [0.1, 0.15) is 33.3 Å². The van der Waals surface area contributed by atoms with Gasteiger partial charge in [-0.25, -0.2) is 0 Å². The predicted octanol–water partition coefficient (Wildman–Crippen LogP) is 3.43. The van der Waals surface area contributed by atoms with Crippen LogP contribution in [0, 0.1) is 0 Å². The van der Waals surface area contributed by atoms with Crippen LogP contribution in [0.5, 0.6) is 0 Å². The highest BCUT2D eigenvalue weighted by molar-refractivity contribution is 5.46. The maximum Gasteiger partial charge on any atom is 0.0721 e. The van der Waals surface area contributed by atoms with Crippen molar-refractivity contribution in [1.29, 1.82) is 0 Å². The fourth-order valence-electron chi connectivity index (χ4n) is 1.35. The standard InChI is InChI=1S/C13H21NO/c1-10(2)14-13-7-5-6-12(8-13)9-15-11(3)4/h5-8,10-11,14H,9H2,1-4H3. The van der Waals surface area contributed by atoms with E-state index in [0.717, 1.165) is 5.69 Å². The molecule has 0 amide bonds. The first kappa shape index (κ1) is 12.1. The highest BCUT2D eigenvalue weighted by Gasteiger charge is 1.99. The van der Waals surface area contributed by atoms with Crippen molar-refractivity contribution in [3.05, 3.63) is 29.8 Å². The van der Waals surface area contributed by atoms with E-state index < -0.39 is 0 Å². The lowest BCUT2D eigenvalue weighted by molar-refractivity contribution is 0.0657. The number of benzene rings is 1. The SMILES string of the molecule is CC(C)Nc1cccc(COC(C)C)c1. The van der Waals surface area contributed by atoms with Crippen molar-refractivity contribution in [2.24, 2.45) is 0 Å². The van der Waals surface area contributed by atoms with Crippen molar-refractivity contribution in [3.8, 4) is 0 Å². The molecule has 0 aromatic heterocycles. The summed E-state index contributed by atoms with van der Waals surface area (Å²) in [6.45, 7) is 9.06. The molecule has 0 radical (unpaired) electrons. The molecule has 2 heteroatoms. The Hall–Kier alpha value is -1.02. The normalized spacial score (nSPS) is 11.1. The Morgan fingerprint density at radius 1 is 1.20 bits per heavy atom. The van der Waals surface area contributed by atoms with Crippen LogP contribution in [0.2, 0.25) is 0 Å². The van der Waals surface area contributed by atoms with E-state index in [1.54, 1.807) is 0 Å². The summed E-state index contributed by atoms with van der Waals surface area (Å²) >= 11 is 0. The second-order valence-electron chi connectivity index (χ2n) is 4.36. The summed E-state index contributed by atoms with van der Waals surface area (Å²) in [4.78, 5) is 0. The van der Waals surface area contributed by atoms with Gasteiger partial charge in [-0.15, -0.1) is 0 Å². The summed E-state index contributed by atoms with van der Waals surface area (Å²) in [7, 11) is 0. The Labute approximate surface area is 92.6 Å². The quantitative estimate of drug-likeness (QED) is 0.798. The molecule has 0 saturated carbocycles. The van der Waals surface area contributed by atoms with E-state index in [9.17, 15) is 0 Å². The van der Waals surface area contributed by atoms with Crippen LogP contribution in [0.25, 0.3) is 0 Å². The minimum Gasteiger partial charge on any atom is -0.383 e. The van der Waals surface area contributed by atoms with Gasteiger partial charge in [-0.05, 0) is 45.4 Å². The smallest absolute Gasteiger partial charge is 0.0721 e. The molecular weight excluding hydrogens is 186 g/mol. The zero-order valence-corrected chi connectivity index (χ0v) is 10.1. The van der Waals surface area contributed by atoms with Gasteiger partial charge in [-0.2, -0.15) is 0 Å². The van der Waals surface area contributed by atoms with Crippen LogP contribution in [0.3, 0.4) is 0 Å². The van der Waals surface area contributed by atoms with Crippen molar-refractivity contribution in [3.63, 3.8) is 0 Å². The minimum atomic E-state index is 0.284. The lowest BCUT2D eigenvalue weighted by Gasteiger charge is -2.12. The van der Waals surface area contributed by atoms with Crippen LogP contribution in [-0.4, -0.2) is 12.1 Å². The fourth-order valence-corrected chi connectivity index (χ4v) is 1.35. The summed E-state index contributed by atoms with van der Waals surface area (Å²) in [6, 6.07) is 8.84. The van der Waals surface area contributed by atoms with Crippen LogP contribution in [0.4, 0.5) is 5.69 Å². The topological polar surface area (TPSA) is 21.3 Å². The average Bonchev–Trinajstić information content (AvgIpc) is 2.14. The van der Waals surface area contributed by atoms with Gasteiger partial charge in [0, 0.05) is 11.7 Å². The minimum absolute atomic E-state index is 0.284. The highest BCUT2D eigenvalue weighted by Crippen LogP contribution is 2.13. The summed E-state index contributed by atoms with van der Waals surface area (Å²) in [5.41, 5.74) is 2.38. The number of hydrogen-bond acceptors (Lipinski definition) is 2. The van der Waals surface area contributed by atoms with E-state index in [0.29, 0.717) is 12.6 Å². The molecule has 0 aliphatic heterocycles. The molecule has 0 bridgehead atoms. The first-order chi connectivity index (χ1) is 7.08. The molecular formula is C13H21NO. The molecule has 1 aromatic carbocycles. The zero-order chi connectivity index (χ0) is 11.3. The number of nitrogens with one attached hydrogen (secondary N) is 1. The molecule has 1 rings (SSSR count). The molecule has 0 spiro atoms. The summed E-state index contributed by atoms with van der Waals surface area (Å²) in [6.07, 6.45) is 0.284. The molecule has 15 heavy (non-hydrogen) atoms. The largest absolute Gasteiger partial charge is 0.383 e. The van der Waals surface area contributed by atoms with Crippen LogP contribution in [-0.2, 0) is 11.3 Å². The first-order valence-electron chi connectivity index (χ1n) is 5.55. The molecule has 0 unspecified atom stereocenters. The average molecular weight is 207 g/mol. The monoisotopic (exact) mass is 207 g/mol. The second-order valence-corrected chi connectivity index (χ2v) is 4.36. The highest BCUT2D eigenvalue weighted by atomic mass is 16.5. The molecule has 0 fully saturated rings. The van der Waals surface area contributed by atoms with Crippen LogP contribution < -0.4 is 5.32 Å². The molecule has 84 valence electrons. The van der Waals surface area contributed by atoms with E-state index in [1.165, 1.54) is 5.56 Å². The molecule has 0 saturated heterocycles. The molecule has 0 atom stereocenters. The maximum absolute atomic E-state index is 5.56. The fraction of sp³-hybridized carbons (Fsp3) is 0.538. The van der Waals surface area contributed by atoms with E-state index >= 15 is 0 Å². The predicted molar refractivity (Wildman–Crippen MR) is 65.1 cm³/mol. The number of rotatable bonds is 5. The lowest BCUT2D eigenvalue weighted by Crippen LogP contribution is -2.10. The number of hydrogen-bond donors (Lipinski definition) is 1. The Morgan fingerprint density at radius 2 is 1.93 bits per heavy atom. The molecule has 0 aliphatic carbocycles. The van der Waals surface area contributed by atoms with E-state index in [2.05, 4.69) is 57.3 Å². The third kappa shape index (κ3) is 4.84. The number of anilines is 1. The van der Waals surface area contributed by atoms with Crippen molar-refractivity contribution in [2.75, 3.05) is 5.32 Å². The van der Waals surface area contributed by atoms with Gasteiger partial charge in [-0.1, -0.05) is 12.1 Å². The maximum atomic E-state index is 5.56. The van der Waals surface area contributed by atoms with Crippen molar-refractivity contribution in [1.82, 2.24) is 0 Å². The van der Waals surface area contributed by atoms with Crippen LogP contribution in [0.15, 0.2) is 24.3 Å². The van der Waals surface area contributed by atoms with Gasteiger partial charge >= 0.3 is 0 Å². The van der Waals surface area contributed by atoms with Gasteiger partial charge in [0.25, 0.3) is 0 Å². The Balaban J connectivity index is 2.57. The van der Waals surface area contributed by atoms with Gasteiger partial charge in [0.15, 0.2) is 0 Å². The molecule has 2 nitrogen and oxygen atoms in total. The van der Waals surface area contributed by atoms with E-state index in [1.807, 2.05) is 0 Å². The van der Waals surface area contributed by atoms with Gasteiger partial charge in [0.05, 0.1) is 12.7 Å². The molecule has 0 heterocycles. The van der Waals surface area contributed by atoms with Crippen LogP contribution >= 0.6 is 0 Å². The Bertz CT molecular complexity index is 294. The van der Waals surface area contributed by atoms with Crippen molar-refractivity contribution in [2.45, 2.75) is 46.4 Å². The summed E-state index contributed by atoms with van der Waals surface area (Å²) in [5, 5.41) is 3.38. The molecule has 1 aromatic rings. The van der Waals surface area contributed by atoms with Gasteiger partial charge < -0.3 is 10.1 Å². The number of ether oxygens (including phenoxy) is 1. The Morgan fingerprint density at radius 3 is 2.53 bits per heavy atom. The summed E-state index contributed by atoms with van der Waals surface area (Å²) in [5.74, 6) is 0. The summed E-state index contributed by atoms with van der Waals surface area (Å²) < 4.78 is 5.56. The van der Waals surface area contributed by atoms with E-state index in [4.69, 9.17) is 4.74 Å². The molecule has 0 aliphatic rings.